The van der Waals surface area contributed by atoms with E-state index in [2.05, 4.69) is 25.8 Å². The van der Waals surface area contributed by atoms with Gasteiger partial charge in [0.15, 0.2) is 0 Å². The molecule has 0 bridgehead atoms. The van der Waals surface area contributed by atoms with Gasteiger partial charge in [0, 0.05) is 29.0 Å². The summed E-state index contributed by atoms with van der Waals surface area (Å²) in [5, 5.41) is 0. The minimum absolute atomic E-state index is 0.409. The number of nitrogens with two attached hydrogens (primary N) is 1. The van der Waals surface area contributed by atoms with E-state index in [1.807, 2.05) is 43.4 Å². The first kappa shape index (κ1) is 14.0. The van der Waals surface area contributed by atoms with Crippen molar-refractivity contribution in [2.75, 3.05) is 11.9 Å². The first-order valence-corrected chi connectivity index (χ1v) is 6.98. The molecule has 0 atom stereocenters. The number of thiocarbonyl (C=S) groups is 1. The minimum Gasteiger partial charge on any atom is -0.389 e. The smallest absolute Gasteiger partial charge is 0.106 e. The first-order valence-electron chi connectivity index (χ1n) is 5.78. The van der Waals surface area contributed by atoms with E-state index in [-0.39, 0.29) is 0 Å². The van der Waals surface area contributed by atoms with Crippen LogP contribution < -0.4 is 10.6 Å². The van der Waals surface area contributed by atoms with Crippen molar-refractivity contribution in [2.24, 2.45) is 5.73 Å². The summed E-state index contributed by atoms with van der Waals surface area (Å²) < 4.78 is 0.974. The number of rotatable bonds is 4. The van der Waals surface area contributed by atoms with Gasteiger partial charge in [-0.15, -0.1) is 0 Å². The molecule has 0 saturated carbocycles. The van der Waals surface area contributed by atoms with Crippen LogP contribution in [-0.4, -0.2) is 17.0 Å². The number of nitrogens with zero attached hydrogens (tertiary/aromatic N) is 2. The van der Waals surface area contributed by atoms with Crippen LogP contribution in [0.3, 0.4) is 0 Å². The lowest BCUT2D eigenvalue weighted by atomic mass is 10.1. The van der Waals surface area contributed by atoms with Crippen LogP contribution in [-0.2, 0) is 6.54 Å². The number of para-hydroxylation sites is 1. The zero-order valence-corrected chi connectivity index (χ0v) is 12.9. The monoisotopic (exact) mass is 335 g/mol. The van der Waals surface area contributed by atoms with Gasteiger partial charge in [-0.3, -0.25) is 4.98 Å². The minimum atomic E-state index is 0.409. The maximum atomic E-state index is 5.75. The van der Waals surface area contributed by atoms with Gasteiger partial charge in [0.1, 0.15) is 4.99 Å². The van der Waals surface area contributed by atoms with Gasteiger partial charge in [0.05, 0.1) is 12.2 Å². The van der Waals surface area contributed by atoms with Crippen molar-refractivity contribution in [1.82, 2.24) is 4.98 Å². The van der Waals surface area contributed by atoms with E-state index >= 15 is 0 Å². The molecule has 0 radical (unpaired) electrons. The molecular formula is C14H14BrN3S. The number of halogens is 1. The maximum absolute atomic E-state index is 5.75. The molecule has 0 amide bonds. The molecule has 0 aliphatic heterocycles. The Bertz CT molecular complexity index is 583. The number of benzene rings is 1. The van der Waals surface area contributed by atoms with Crippen molar-refractivity contribution < 1.29 is 0 Å². The van der Waals surface area contributed by atoms with Crippen molar-refractivity contribution in [3.8, 4) is 0 Å². The van der Waals surface area contributed by atoms with Crippen molar-refractivity contribution in [1.29, 1.82) is 0 Å². The van der Waals surface area contributed by atoms with Crippen molar-refractivity contribution in [3.05, 3.63) is 58.3 Å². The third kappa shape index (κ3) is 3.52. The third-order valence-corrected chi connectivity index (χ3v) is 3.46. The van der Waals surface area contributed by atoms with Crippen molar-refractivity contribution >= 4 is 38.8 Å². The fourth-order valence-electron chi connectivity index (χ4n) is 1.84. The summed E-state index contributed by atoms with van der Waals surface area (Å²) in [7, 11) is 2.00. The molecule has 0 unspecified atom stereocenters. The molecule has 5 heteroatoms. The zero-order chi connectivity index (χ0) is 13.8. The van der Waals surface area contributed by atoms with E-state index in [1.165, 1.54) is 0 Å². The summed E-state index contributed by atoms with van der Waals surface area (Å²) in [5.74, 6) is 0. The highest BCUT2D eigenvalue weighted by Crippen LogP contribution is 2.20. The molecule has 1 aromatic heterocycles. The topological polar surface area (TPSA) is 42.2 Å². The van der Waals surface area contributed by atoms with Crippen LogP contribution >= 0.6 is 28.1 Å². The Morgan fingerprint density at radius 3 is 2.68 bits per heavy atom. The van der Waals surface area contributed by atoms with Gasteiger partial charge in [-0.2, -0.15) is 0 Å². The Kier molecular flexibility index (Phi) is 4.50. The lowest BCUT2D eigenvalue weighted by molar-refractivity contribution is 0.883. The Labute approximate surface area is 126 Å². The molecule has 3 nitrogen and oxygen atoms in total. The van der Waals surface area contributed by atoms with Crippen LogP contribution in [0.2, 0.25) is 0 Å². The lowest BCUT2D eigenvalue weighted by Crippen LogP contribution is -2.21. The molecule has 2 rings (SSSR count). The molecule has 0 aliphatic rings. The van der Waals surface area contributed by atoms with E-state index in [0.717, 1.165) is 21.4 Å². The SMILES string of the molecule is CN(Cc1ccc(Br)cn1)c1ccccc1C(N)=S. The molecule has 2 aromatic rings. The highest BCUT2D eigenvalue weighted by molar-refractivity contribution is 9.10. The second-order valence-electron chi connectivity index (χ2n) is 4.21. The van der Waals surface area contributed by atoms with Crippen LogP contribution in [0.5, 0.6) is 0 Å². The average molecular weight is 336 g/mol. The van der Waals surface area contributed by atoms with E-state index in [4.69, 9.17) is 18.0 Å². The standard InChI is InChI=1S/C14H14BrN3S/c1-18(9-11-7-6-10(15)8-17-11)13-5-3-2-4-12(13)14(16)19/h2-8H,9H2,1H3,(H2,16,19). The molecule has 19 heavy (non-hydrogen) atoms. The van der Waals surface area contributed by atoms with Crippen LogP contribution in [0, 0.1) is 0 Å². The molecule has 2 N–H and O–H groups in total. The fourth-order valence-corrected chi connectivity index (χ4v) is 2.25. The predicted molar refractivity (Wildman–Crippen MR) is 86.4 cm³/mol. The molecule has 1 aromatic carbocycles. The molecule has 0 spiro atoms. The summed E-state index contributed by atoms with van der Waals surface area (Å²) in [6, 6.07) is 11.8. The Balaban J connectivity index is 2.22. The van der Waals surface area contributed by atoms with Gasteiger partial charge in [-0.25, -0.2) is 0 Å². The second kappa shape index (κ2) is 6.12. The number of hydrogen-bond donors (Lipinski definition) is 1. The van der Waals surface area contributed by atoms with Gasteiger partial charge < -0.3 is 10.6 Å². The lowest BCUT2D eigenvalue weighted by Gasteiger charge is -2.21. The van der Waals surface area contributed by atoms with Gasteiger partial charge in [-0.1, -0.05) is 24.4 Å². The van der Waals surface area contributed by atoms with Gasteiger partial charge in [0.2, 0.25) is 0 Å². The quantitative estimate of drug-likeness (QED) is 0.871. The fraction of sp³-hybridized carbons (Fsp3) is 0.143. The molecule has 0 fully saturated rings. The largest absolute Gasteiger partial charge is 0.389 e. The van der Waals surface area contributed by atoms with E-state index < -0.39 is 0 Å². The number of anilines is 1. The van der Waals surface area contributed by atoms with Gasteiger partial charge in [-0.05, 0) is 40.2 Å². The average Bonchev–Trinajstić information content (AvgIpc) is 2.41. The molecular weight excluding hydrogens is 322 g/mol. The predicted octanol–water partition coefficient (Wildman–Crippen LogP) is 3.11. The van der Waals surface area contributed by atoms with Crippen molar-refractivity contribution in [2.45, 2.75) is 6.54 Å². The number of pyridine rings is 1. The highest BCUT2D eigenvalue weighted by Gasteiger charge is 2.09. The highest BCUT2D eigenvalue weighted by atomic mass is 79.9. The molecule has 0 saturated heterocycles. The number of aromatic nitrogens is 1. The summed E-state index contributed by atoms with van der Waals surface area (Å²) in [5.41, 5.74) is 8.64. The van der Waals surface area contributed by atoms with Gasteiger partial charge >= 0.3 is 0 Å². The maximum Gasteiger partial charge on any atom is 0.106 e. The number of hydrogen-bond acceptors (Lipinski definition) is 3. The summed E-state index contributed by atoms with van der Waals surface area (Å²) in [6.45, 7) is 0.701. The van der Waals surface area contributed by atoms with Crippen LogP contribution in [0.25, 0.3) is 0 Å². The van der Waals surface area contributed by atoms with E-state index in [0.29, 0.717) is 11.5 Å². The Hall–Kier alpha value is -1.46. The summed E-state index contributed by atoms with van der Waals surface area (Å²) >= 11 is 8.46. The summed E-state index contributed by atoms with van der Waals surface area (Å²) in [6.07, 6.45) is 1.79. The Morgan fingerprint density at radius 2 is 2.05 bits per heavy atom. The van der Waals surface area contributed by atoms with Crippen LogP contribution in [0.15, 0.2) is 47.1 Å². The Morgan fingerprint density at radius 1 is 1.32 bits per heavy atom. The molecule has 98 valence electrons. The molecule has 1 heterocycles. The van der Waals surface area contributed by atoms with Crippen molar-refractivity contribution in [3.63, 3.8) is 0 Å². The summed E-state index contributed by atoms with van der Waals surface area (Å²) in [4.78, 5) is 6.86. The van der Waals surface area contributed by atoms with Crippen LogP contribution in [0.1, 0.15) is 11.3 Å². The molecule has 0 aliphatic carbocycles. The van der Waals surface area contributed by atoms with Gasteiger partial charge in [0.25, 0.3) is 0 Å². The van der Waals surface area contributed by atoms with E-state index in [9.17, 15) is 0 Å². The van der Waals surface area contributed by atoms with Crippen LogP contribution in [0.4, 0.5) is 5.69 Å². The zero-order valence-electron chi connectivity index (χ0n) is 10.5. The second-order valence-corrected chi connectivity index (χ2v) is 5.56. The van der Waals surface area contributed by atoms with E-state index in [1.54, 1.807) is 6.20 Å². The third-order valence-electron chi connectivity index (χ3n) is 2.77. The normalized spacial score (nSPS) is 10.2. The first-order chi connectivity index (χ1) is 9.08.